The molecular weight excluding hydrogens is 300 g/mol. The third-order valence-corrected chi connectivity index (χ3v) is 3.96. The van der Waals surface area contributed by atoms with Crippen LogP contribution in [-0.4, -0.2) is 16.7 Å². The molecule has 1 unspecified atom stereocenters. The van der Waals surface area contributed by atoms with E-state index in [0.29, 0.717) is 11.4 Å². The zero-order valence-electron chi connectivity index (χ0n) is 12.2. The van der Waals surface area contributed by atoms with Gasteiger partial charge in [0.1, 0.15) is 11.6 Å². The maximum absolute atomic E-state index is 9.25. The summed E-state index contributed by atoms with van der Waals surface area (Å²) in [6, 6.07) is 11.3. The largest absolute Gasteiger partial charge is 0.467 e. The molecule has 2 N–H and O–H groups in total. The van der Waals surface area contributed by atoms with Gasteiger partial charge in [-0.2, -0.15) is 0 Å². The number of rotatable bonds is 5. The Kier molecular flexibility index (Phi) is 4.32. The first-order valence-electron chi connectivity index (χ1n) is 7.15. The van der Waals surface area contributed by atoms with Crippen LogP contribution in [0.5, 0.6) is 0 Å². The molecule has 3 rings (SSSR count). The Balaban J connectivity index is 1.94. The number of aromatic nitrogens is 1. The van der Waals surface area contributed by atoms with Crippen LogP contribution in [-0.2, 0) is 0 Å². The maximum atomic E-state index is 9.25. The average molecular weight is 317 g/mol. The lowest BCUT2D eigenvalue weighted by Gasteiger charge is -2.17. The molecule has 0 saturated carbocycles. The Labute approximate surface area is 133 Å². The fraction of sp³-hybridized carbons (Fsp3) is 0.235. The van der Waals surface area contributed by atoms with Gasteiger partial charge in [-0.1, -0.05) is 17.7 Å². The molecule has 0 amide bonds. The van der Waals surface area contributed by atoms with E-state index in [1.807, 2.05) is 43.3 Å². The Hall–Kier alpha value is -2.04. The van der Waals surface area contributed by atoms with Crippen LogP contribution >= 0.6 is 11.6 Å². The normalized spacial score (nSPS) is 12.5. The minimum atomic E-state index is -0.121. The van der Waals surface area contributed by atoms with Crippen molar-refractivity contribution < 1.29 is 9.52 Å². The van der Waals surface area contributed by atoms with Crippen LogP contribution in [0.1, 0.15) is 23.8 Å². The van der Waals surface area contributed by atoms with Gasteiger partial charge in [-0.25, -0.2) is 4.98 Å². The number of halogens is 1. The monoisotopic (exact) mass is 316 g/mol. The lowest BCUT2D eigenvalue weighted by Crippen LogP contribution is -2.12. The molecule has 0 aliphatic rings. The molecule has 0 spiro atoms. The van der Waals surface area contributed by atoms with Gasteiger partial charge in [-0.3, -0.25) is 0 Å². The van der Waals surface area contributed by atoms with Crippen molar-refractivity contribution in [2.45, 2.75) is 19.4 Å². The Bertz CT molecular complexity index is 772. The number of nitrogens with zero attached hydrogens (tertiary/aromatic N) is 1. The molecule has 0 radical (unpaired) electrons. The summed E-state index contributed by atoms with van der Waals surface area (Å²) >= 11 is 6.21. The van der Waals surface area contributed by atoms with Gasteiger partial charge in [-0.15, -0.1) is 0 Å². The second kappa shape index (κ2) is 6.38. The number of aryl methyl sites for hydroxylation is 1. The van der Waals surface area contributed by atoms with E-state index in [0.717, 1.165) is 28.0 Å². The topological polar surface area (TPSA) is 58.3 Å². The molecule has 0 fully saturated rings. The van der Waals surface area contributed by atoms with Gasteiger partial charge in [0.25, 0.3) is 0 Å². The second-order valence-corrected chi connectivity index (χ2v) is 5.59. The van der Waals surface area contributed by atoms with E-state index in [1.54, 1.807) is 6.26 Å². The predicted octanol–water partition coefficient (Wildman–Crippen LogP) is 4.33. The molecule has 4 nitrogen and oxygen atoms in total. The highest BCUT2D eigenvalue weighted by Crippen LogP contribution is 2.28. The summed E-state index contributed by atoms with van der Waals surface area (Å²) in [5, 5.41) is 14.2. The van der Waals surface area contributed by atoms with Crippen LogP contribution in [0.2, 0.25) is 5.02 Å². The lowest BCUT2D eigenvalue weighted by atomic mass is 10.1. The molecule has 0 saturated heterocycles. The van der Waals surface area contributed by atoms with Gasteiger partial charge < -0.3 is 14.8 Å². The van der Waals surface area contributed by atoms with E-state index in [4.69, 9.17) is 16.0 Å². The number of nitrogens with one attached hydrogen (secondary N) is 1. The summed E-state index contributed by atoms with van der Waals surface area (Å²) in [6.07, 6.45) is 2.17. The quantitative estimate of drug-likeness (QED) is 0.735. The fourth-order valence-electron chi connectivity index (χ4n) is 2.48. The number of furan rings is 1. The van der Waals surface area contributed by atoms with Gasteiger partial charge in [0, 0.05) is 17.0 Å². The van der Waals surface area contributed by atoms with E-state index in [2.05, 4.69) is 10.3 Å². The zero-order valence-corrected chi connectivity index (χ0v) is 13.0. The standard InChI is InChI=1S/C17H17ClN2O2/c1-11-4-6-13(18)12-5-7-16(20-17(11)12)19-14(8-9-21)15-3-2-10-22-15/h2-7,10,14,21H,8-9H2,1H3,(H,19,20). The second-order valence-electron chi connectivity index (χ2n) is 5.18. The minimum Gasteiger partial charge on any atom is -0.467 e. The summed E-state index contributed by atoms with van der Waals surface area (Å²) in [7, 11) is 0. The molecule has 0 aliphatic carbocycles. The maximum Gasteiger partial charge on any atom is 0.127 e. The van der Waals surface area contributed by atoms with Crippen LogP contribution in [0.15, 0.2) is 47.1 Å². The van der Waals surface area contributed by atoms with Gasteiger partial charge in [-0.05, 0) is 49.2 Å². The number of hydrogen-bond donors (Lipinski definition) is 2. The summed E-state index contributed by atoms with van der Waals surface area (Å²) in [5.74, 6) is 1.51. The summed E-state index contributed by atoms with van der Waals surface area (Å²) in [4.78, 5) is 4.65. The summed E-state index contributed by atoms with van der Waals surface area (Å²) in [5.41, 5.74) is 1.94. The molecular formula is C17H17ClN2O2. The molecule has 5 heteroatoms. The van der Waals surface area contributed by atoms with Gasteiger partial charge in [0.15, 0.2) is 0 Å². The van der Waals surface area contributed by atoms with Crippen molar-refractivity contribution in [1.82, 2.24) is 4.98 Å². The third-order valence-electron chi connectivity index (χ3n) is 3.63. The highest BCUT2D eigenvalue weighted by atomic mass is 35.5. The van der Waals surface area contributed by atoms with Crippen LogP contribution in [0.25, 0.3) is 10.9 Å². The molecule has 2 aromatic heterocycles. The average Bonchev–Trinajstić information content (AvgIpc) is 3.05. The summed E-state index contributed by atoms with van der Waals surface area (Å²) < 4.78 is 5.43. The first-order chi connectivity index (χ1) is 10.7. The van der Waals surface area contributed by atoms with Crippen molar-refractivity contribution in [3.8, 4) is 0 Å². The molecule has 1 aromatic carbocycles. The number of anilines is 1. The molecule has 0 bridgehead atoms. The smallest absolute Gasteiger partial charge is 0.127 e. The van der Waals surface area contributed by atoms with E-state index < -0.39 is 0 Å². The molecule has 1 atom stereocenters. The number of fused-ring (bicyclic) bond motifs is 1. The van der Waals surface area contributed by atoms with Crippen LogP contribution < -0.4 is 5.32 Å². The van der Waals surface area contributed by atoms with Gasteiger partial charge >= 0.3 is 0 Å². The van der Waals surface area contributed by atoms with Crippen LogP contribution in [0, 0.1) is 6.92 Å². The zero-order chi connectivity index (χ0) is 15.5. The van der Waals surface area contributed by atoms with Crippen LogP contribution in [0.3, 0.4) is 0 Å². The third kappa shape index (κ3) is 2.93. The van der Waals surface area contributed by atoms with Crippen molar-refractivity contribution in [2.75, 3.05) is 11.9 Å². The molecule has 2 heterocycles. The van der Waals surface area contributed by atoms with Crippen molar-refractivity contribution >= 4 is 28.3 Å². The van der Waals surface area contributed by atoms with E-state index in [1.165, 1.54) is 0 Å². The number of pyridine rings is 1. The van der Waals surface area contributed by atoms with Gasteiger partial charge in [0.2, 0.25) is 0 Å². The Morgan fingerprint density at radius 1 is 1.27 bits per heavy atom. The van der Waals surface area contributed by atoms with Crippen LogP contribution in [0.4, 0.5) is 5.82 Å². The van der Waals surface area contributed by atoms with Crippen molar-refractivity contribution in [2.24, 2.45) is 0 Å². The minimum absolute atomic E-state index is 0.0663. The first-order valence-corrected chi connectivity index (χ1v) is 7.53. The first kappa shape index (κ1) is 14.9. The number of benzene rings is 1. The highest BCUT2D eigenvalue weighted by molar-refractivity contribution is 6.35. The molecule has 114 valence electrons. The molecule has 0 aliphatic heterocycles. The van der Waals surface area contributed by atoms with Crippen molar-refractivity contribution in [1.29, 1.82) is 0 Å². The van der Waals surface area contributed by atoms with E-state index >= 15 is 0 Å². The Morgan fingerprint density at radius 2 is 2.14 bits per heavy atom. The summed E-state index contributed by atoms with van der Waals surface area (Å²) in [6.45, 7) is 2.07. The van der Waals surface area contributed by atoms with Gasteiger partial charge in [0.05, 0.1) is 17.8 Å². The Morgan fingerprint density at radius 3 is 2.86 bits per heavy atom. The molecule has 3 aromatic rings. The predicted molar refractivity (Wildman–Crippen MR) is 88.3 cm³/mol. The van der Waals surface area contributed by atoms with E-state index in [-0.39, 0.29) is 12.6 Å². The number of aliphatic hydroxyl groups excluding tert-OH is 1. The van der Waals surface area contributed by atoms with Crippen molar-refractivity contribution in [3.05, 3.63) is 59.0 Å². The highest BCUT2D eigenvalue weighted by Gasteiger charge is 2.15. The fourth-order valence-corrected chi connectivity index (χ4v) is 2.70. The van der Waals surface area contributed by atoms with Crippen molar-refractivity contribution in [3.63, 3.8) is 0 Å². The molecule has 22 heavy (non-hydrogen) atoms. The number of hydrogen-bond acceptors (Lipinski definition) is 4. The number of aliphatic hydroxyl groups is 1. The van der Waals surface area contributed by atoms with E-state index in [9.17, 15) is 5.11 Å². The lowest BCUT2D eigenvalue weighted by molar-refractivity contribution is 0.273. The SMILES string of the molecule is Cc1ccc(Cl)c2ccc(NC(CCO)c3ccco3)nc12.